The van der Waals surface area contributed by atoms with Crippen molar-refractivity contribution in [2.45, 2.75) is 44.7 Å². The van der Waals surface area contributed by atoms with E-state index in [4.69, 9.17) is 0 Å². The Hall–Kier alpha value is -1.62. The molecule has 4 nitrogen and oxygen atoms in total. The van der Waals surface area contributed by atoms with Gasteiger partial charge in [-0.25, -0.2) is 9.97 Å². The molecule has 0 bridgehead atoms. The summed E-state index contributed by atoms with van der Waals surface area (Å²) in [5.41, 5.74) is 0.753. The van der Waals surface area contributed by atoms with E-state index in [9.17, 15) is 4.79 Å². The molecule has 1 heterocycles. The average Bonchev–Trinajstić information content (AvgIpc) is 2.44. The van der Waals surface area contributed by atoms with Crippen LogP contribution in [0.25, 0.3) is 10.9 Å². The number of aromatic nitrogens is 2. The molecule has 0 saturated carbocycles. The fourth-order valence-electron chi connectivity index (χ4n) is 1.90. The summed E-state index contributed by atoms with van der Waals surface area (Å²) in [6.07, 6.45) is 0.902. The number of aryl methyl sites for hydroxylation is 1. The number of thioether (sulfide) groups is 1. The molecule has 2 aromatic rings. The lowest BCUT2D eigenvalue weighted by Crippen LogP contribution is -2.43. The summed E-state index contributed by atoms with van der Waals surface area (Å²) in [5, 5.41) is 4.90. The van der Waals surface area contributed by atoms with Crippen molar-refractivity contribution >= 4 is 28.6 Å². The third-order valence-electron chi connectivity index (χ3n) is 3.38. The summed E-state index contributed by atoms with van der Waals surface area (Å²) in [6.45, 7) is 7.99. The number of amides is 1. The van der Waals surface area contributed by atoms with E-state index in [1.54, 1.807) is 0 Å². The topological polar surface area (TPSA) is 54.9 Å². The van der Waals surface area contributed by atoms with E-state index in [2.05, 4.69) is 22.2 Å². The Labute approximate surface area is 129 Å². The maximum atomic E-state index is 12.0. The van der Waals surface area contributed by atoms with Crippen LogP contribution in [-0.4, -0.2) is 27.2 Å². The molecule has 5 heteroatoms. The van der Waals surface area contributed by atoms with Gasteiger partial charge in [0.1, 0.15) is 10.9 Å². The van der Waals surface area contributed by atoms with Crippen molar-refractivity contribution in [1.82, 2.24) is 15.3 Å². The van der Waals surface area contributed by atoms with Gasteiger partial charge in [0, 0.05) is 10.9 Å². The number of fused-ring (bicyclic) bond motifs is 1. The summed E-state index contributed by atoms with van der Waals surface area (Å²) < 4.78 is 0. The number of carbonyl (C=O) groups is 1. The van der Waals surface area contributed by atoms with Gasteiger partial charge in [0.15, 0.2) is 0 Å². The molecule has 112 valence electrons. The fraction of sp³-hybridized carbons (Fsp3) is 0.438. The van der Waals surface area contributed by atoms with E-state index in [0.717, 1.165) is 28.2 Å². The molecule has 0 aliphatic carbocycles. The third-order valence-corrected chi connectivity index (χ3v) is 4.37. The van der Waals surface area contributed by atoms with E-state index in [0.29, 0.717) is 5.75 Å². The number of nitrogens with zero attached hydrogens (tertiary/aromatic N) is 2. The van der Waals surface area contributed by atoms with Gasteiger partial charge in [0.05, 0.1) is 11.3 Å². The molecule has 0 aliphatic rings. The SMILES string of the molecule is CCC(C)(C)NC(=O)CSc1nc(C)nc2ccccc12. The fourth-order valence-corrected chi connectivity index (χ4v) is 2.77. The van der Waals surface area contributed by atoms with Gasteiger partial charge in [-0.2, -0.15) is 0 Å². The molecule has 0 fully saturated rings. The predicted octanol–water partition coefficient (Wildman–Crippen LogP) is 3.34. The van der Waals surface area contributed by atoms with Crippen molar-refractivity contribution in [3.8, 4) is 0 Å². The normalized spacial score (nSPS) is 11.6. The standard InChI is InChI=1S/C16H21N3OS/c1-5-16(3,4)19-14(20)10-21-15-12-8-6-7-9-13(12)17-11(2)18-15/h6-9H,5,10H2,1-4H3,(H,19,20). The van der Waals surface area contributed by atoms with Gasteiger partial charge in [-0.1, -0.05) is 36.9 Å². The summed E-state index contributed by atoms with van der Waals surface area (Å²) in [6, 6.07) is 7.88. The van der Waals surface area contributed by atoms with E-state index in [1.807, 2.05) is 45.0 Å². The largest absolute Gasteiger partial charge is 0.351 e. The van der Waals surface area contributed by atoms with Gasteiger partial charge in [-0.05, 0) is 33.3 Å². The van der Waals surface area contributed by atoms with Crippen molar-refractivity contribution in [1.29, 1.82) is 0 Å². The lowest BCUT2D eigenvalue weighted by Gasteiger charge is -2.24. The molecule has 0 saturated heterocycles. The second-order valence-electron chi connectivity index (χ2n) is 5.67. The van der Waals surface area contributed by atoms with Crippen LogP contribution in [0, 0.1) is 6.92 Å². The van der Waals surface area contributed by atoms with Crippen molar-refractivity contribution in [2.24, 2.45) is 0 Å². The van der Waals surface area contributed by atoms with E-state index < -0.39 is 0 Å². The molecular formula is C16H21N3OS. The van der Waals surface area contributed by atoms with Crippen LogP contribution in [0.1, 0.15) is 33.0 Å². The number of carbonyl (C=O) groups excluding carboxylic acids is 1. The van der Waals surface area contributed by atoms with Crippen LogP contribution in [0.3, 0.4) is 0 Å². The number of benzene rings is 1. The van der Waals surface area contributed by atoms with Crippen LogP contribution >= 0.6 is 11.8 Å². The zero-order chi connectivity index (χ0) is 15.5. The van der Waals surface area contributed by atoms with Crippen LogP contribution in [0.2, 0.25) is 0 Å². The molecule has 2 rings (SSSR count). The first-order valence-electron chi connectivity index (χ1n) is 7.08. The first kappa shape index (κ1) is 15.8. The Bertz CT molecular complexity index is 655. The summed E-state index contributed by atoms with van der Waals surface area (Å²) in [7, 11) is 0. The van der Waals surface area contributed by atoms with E-state index >= 15 is 0 Å². The van der Waals surface area contributed by atoms with Crippen LogP contribution < -0.4 is 5.32 Å². The number of nitrogens with one attached hydrogen (secondary N) is 1. The van der Waals surface area contributed by atoms with Gasteiger partial charge in [-0.15, -0.1) is 0 Å². The third kappa shape index (κ3) is 4.17. The van der Waals surface area contributed by atoms with Gasteiger partial charge in [-0.3, -0.25) is 4.79 Å². The first-order chi connectivity index (χ1) is 9.91. The minimum Gasteiger partial charge on any atom is -0.351 e. The van der Waals surface area contributed by atoms with Crippen LogP contribution in [-0.2, 0) is 4.79 Å². The van der Waals surface area contributed by atoms with Gasteiger partial charge >= 0.3 is 0 Å². The monoisotopic (exact) mass is 303 g/mol. The molecule has 1 aromatic carbocycles. The lowest BCUT2D eigenvalue weighted by atomic mass is 10.0. The minimum absolute atomic E-state index is 0.0344. The Morgan fingerprint density at radius 2 is 2.00 bits per heavy atom. The van der Waals surface area contributed by atoms with Crippen LogP contribution in [0.5, 0.6) is 0 Å². The van der Waals surface area contributed by atoms with Crippen molar-refractivity contribution in [3.05, 3.63) is 30.1 Å². The second-order valence-corrected chi connectivity index (χ2v) is 6.63. The molecule has 1 N–H and O–H groups in total. The van der Waals surface area contributed by atoms with Gasteiger partial charge in [0.25, 0.3) is 0 Å². The quantitative estimate of drug-likeness (QED) is 0.680. The molecule has 0 atom stereocenters. The molecule has 21 heavy (non-hydrogen) atoms. The zero-order valence-electron chi connectivity index (χ0n) is 12.9. The lowest BCUT2D eigenvalue weighted by molar-refractivity contribution is -0.120. The second kappa shape index (κ2) is 6.43. The highest BCUT2D eigenvalue weighted by atomic mass is 32.2. The molecule has 1 amide bonds. The number of para-hydroxylation sites is 1. The van der Waals surface area contributed by atoms with Crippen molar-refractivity contribution in [3.63, 3.8) is 0 Å². The summed E-state index contributed by atoms with van der Waals surface area (Å²) in [4.78, 5) is 20.9. The van der Waals surface area contributed by atoms with Crippen molar-refractivity contribution in [2.75, 3.05) is 5.75 Å². The highest BCUT2D eigenvalue weighted by Crippen LogP contribution is 2.25. The maximum absolute atomic E-state index is 12.0. The number of hydrogen-bond acceptors (Lipinski definition) is 4. The number of hydrogen-bond donors (Lipinski definition) is 1. The molecule has 1 aromatic heterocycles. The number of rotatable bonds is 5. The maximum Gasteiger partial charge on any atom is 0.230 e. The van der Waals surface area contributed by atoms with E-state index in [1.165, 1.54) is 11.8 Å². The van der Waals surface area contributed by atoms with Crippen molar-refractivity contribution < 1.29 is 4.79 Å². The minimum atomic E-state index is -0.165. The Morgan fingerprint density at radius 1 is 1.29 bits per heavy atom. The first-order valence-corrected chi connectivity index (χ1v) is 8.07. The van der Waals surface area contributed by atoms with Crippen LogP contribution in [0.4, 0.5) is 0 Å². The Balaban J connectivity index is 2.12. The molecule has 0 aliphatic heterocycles. The highest BCUT2D eigenvalue weighted by Gasteiger charge is 2.18. The molecule has 0 radical (unpaired) electrons. The summed E-state index contributed by atoms with van der Waals surface area (Å²) >= 11 is 1.46. The van der Waals surface area contributed by atoms with Gasteiger partial charge in [0.2, 0.25) is 5.91 Å². The smallest absolute Gasteiger partial charge is 0.230 e. The zero-order valence-corrected chi connectivity index (χ0v) is 13.8. The van der Waals surface area contributed by atoms with E-state index in [-0.39, 0.29) is 11.4 Å². The average molecular weight is 303 g/mol. The molecule has 0 unspecified atom stereocenters. The predicted molar refractivity (Wildman–Crippen MR) is 87.5 cm³/mol. The van der Waals surface area contributed by atoms with Gasteiger partial charge < -0.3 is 5.32 Å². The molecule has 0 spiro atoms. The molecular weight excluding hydrogens is 282 g/mol. The Kier molecular flexibility index (Phi) is 4.83. The van der Waals surface area contributed by atoms with Crippen LogP contribution in [0.15, 0.2) is 29.3 Å². The summed E-state index contributed by atoms with van der Waals surface area (Å²) in [5.74, 6) is 1.13. The highest BCUT2D eigenvalue weighted by molar-refractivity contribution is 8.00. The Morgan fingerprint density at radius 3 is 2.71 bits per heavy atom.